The van der Waals surface area contributed by atoms with Crippen molar-refractivity contribution in [1.82, 2.24) is 9.88 Å². The van der Waals surface area contributed by atoms with Crippen LogP contribution in [-0.4, -0.2) is 55.3 Å². The average molecular weight is 250 g/mol. The summed E-state index contributed by atoms with van der Waals surface area (Å²) in [6.45, 7) is 2.27. The second-order valence-corrected chi connectivity index (χ2v) is 4.27. The Hall–Kier alpha value is -1.46. The smallest absolute Gasteiger partial charge is 0.229 e. The molecule has 1 atom stereocenters. The molecule has 1 aromatic rings. The lowest BCUT2D eigenvalue weighted by Crippen LogP contribution is -2.51. The van der Waals surface area contributed by atoms with Gasteiger partial charge in [0.05, 0.1) is 32.3 Å². The van der Waals surface area contributed by atoms with Crippen molar-refractivity contribution in [1.29, 1.82) is 0 Å². The fourth-order valence-electron chi connectivity index (χ4n) is 2.07. The molecule has 5 nitrogen and oxygen atoms in total. The van der Waals surface area contributed by atoms with E-state index in [2.05, 4.69) is 4.98 Å². The highest BCUT2D eigenvalue weighted by Gasteiger charge is 2.27. The molecule has 5 heteroatoms. The molecule has 0 saturated carbocycles. The number of hydrogen-bond donors (Lipinski definition) is 0. The van der Waals surface area contributed by atoms with Gasteiger partial charge in [-0.15, -0.1) is 0 Å². The first-order valence-electron chi connectivity index (χ1n) is 6.07. The summed E-state index contributed by atoms with van der Waals surface area (Å²) in [5.41, 5.74) is 0.796. The van der Waals surface area contributed by atoms with Crippen LogP contribution in [0.5, 0.6) is 0 Å². The molecular weight excluding hydrogens is 232 g/mol. The number of carbonyl (C=O) groups is 1. The third-order valence-electron chi connectivity index (χ3n) is 2.97. The van der Waals surface area contributed by atoms with Crippen molar-refractivity contribution in [3.63, 3.8) is 0 Å². The minimum absolute atomic E-state index is 0.0139. The summed E-state index contributed by atoms with van der Waals surface area (Å²) in [6.07, 6.45) is 2.04. The van der Waals surface area contributed by atoms with Crippen LogP contribution in [-0.2, 0) is 20.7 Å². The number of rotatable bonds is 4. The normalized spacial score (nSPS) is 19.8. The van der Waals surface area contributed by atoms with E-state index in [0.717, 1.165) is 5.69 Å². The maximum absolute atomic E-state index is 12.2. The summed E-state index contributed by atoms with van der Waals surface area (Å²) in [5.74, 6) is 0.0825. The van der Waals surface area contributed by atoms with Gasteiger partial charge in [-0.2, -0.15) is 0 Å². The van der Waals surface area contributed by atoms with Crippen molar-refractivity contribution in [2.24, 2.45) is 0 Å². The molecule has 1 fully saturated rings. The molecule has 1 aliphatic rings. The van der Waals surface area contributed by atoms with Crippen molar-refractivity contribution >= 4 is 5.91 Å². The van der Waals surface area contributed by atoms with Crippen LogP contribution >= 0.6 is 0 Å². The molecule has 0 spiro atoms. The molecule has 1 unspecified atom stereocenters. The molecule has 0 N–H and O–H groups in total. The van der Waals surface area contributed by atoms with Gasteiger partial charge in [0, 0.05) is 25.5 Å². The van der Waals surface area contributed by atoms with E-state index in [1.54, 1.807) is 13.3 Å². The monoisotopic (exact) mass is 250 g/mol. The third-order valence-corrected chi connectivity index (χ3v) is 2.97. The van der Waals surface area contributed by atoms with Gasteiger partial charge in [0.25, 0.3) is 0 Å². The summed E-state index contributed by atoms with van der Waals surface area (Å²) in [4.78, 5) is 18.2. The van der Waals surface area contributed by atoms with E-state index in [1.807, 2.05) is 23.1 Å². The molecular formula is C13H18N2O3. The summed E-state index contributed by atoms with van der Waals surface area (Å²) in [6, 6.07) is 5.61. The number of morpholine rings is 1. The number of hydrogen-bond acceptors (Lipinski definition) is 4. The largest absolute Gasteiger partial charge is 0.382 e. The Morgan fingerprint density at radius 2 is 2.50 bits per heavy atom. The van der Waals surface area contributed by atoms with E-state index >= 15 is 0 Å². The lowest BCUT2D eigenvalue weighted by Gasteiger charge is -2.35. The first-order valence-corrected chi connectivity index (χ1v) is 6.07. The van der Waals surface area contributed by atoms with Crippen molar-refractivity contribution in [3.05, 3.63) is 30.1 Å². The number of aromatic nitrogens is 1. The predicted octanol–water partition coefficient (Wildman–Crippen LogP) is 0.498. The van der Waals surface area contributed by atoms with Crippen LogP contribution in [0.15, 0.2) is 24.4 Å². The molecule has 0 aliphatic carbocycles. The topological polar surface area (TPSA) is 51.7 Å². The molecule has 0 radical (unpaired) electrons. The molecule has 18 heavy (non-hydrogen) atoms. The predicted molar refractivity (Wildman–Crippen MR) is 66.1 cm³/mol. The van der Waals surface area contributed by atoms with Crippen LogP contribution < -0.4 is 0 Å². The van der Waals surface area contributed by atoms with E-state index in [-0.39, 0.29) is 11.9 Å². The molecule has 1 aromatic heterocycles. The molecule has 98 valence electrons. The van der Waals surface area contributed by atoms with Gasteiger partial charge < -0.3 is 14.4 Å². The quantitative estimate of drug-likeness (QED) is 0.780. The Bertz CT molecular complexity index is 381. The van der Waals surface area contributed by atoms with Gasteiger partial charge in [0.15, 0.2) is 0 Å². The van der Waals surface area contributed by atoms with E-state index in [4.69, 9.17) is 9.47 Å². The van der Waals surface area contributed by atoms with Crippen LogP contribution in [0.3, 0.4) is 0 Å². The Kier molecular flexibility index (Phi) is 4.66. The Morgan fingerprint density at radius 1 is 1.61 bits per heavy atom. The SMILES string of the molecule is COCC1COCCN1C(=O)Cc1ccccn1. The van der Waals surface area contributed by atoms with Gasteiger partial charge >= 0.3 is 0 Å². The Morgan fingerprint density at radius 3 is 3.22 bits per heavy atom. The zero-order valence-electron chi connectivity index (χ0n) is 10.5. The fourth-order valence-corrected chi connectivity index (χ4v) is 2.07. The van der Waals surface area contributed by atoms with E-state index in [1.165, 1.54) is 0 Å². The van der Waals surface area contributed by atoms with E-state index in [0.29, 0.717) is 32.8 Å². The van der Waals surface area contributed by atoms with Gasteiger partial charge in [0.2, 0.25) is 5.91 Å². The first kappa shape index (κ1) is 13.0. The van der Waals surface area contributed by atoms with Gasteiger partial charge in [-0.3, -0.25) is 9.78 Å². The zero-order valence-corrected chi connectivity index (χ0v) is 10.5. The Balaban J connectivity index is 1.98. The lowest BCUT2D eigenvalue weighted by atomic mass is 10.2. The number of carbonyl (C=O) groups excluding carboxylic acids is 1. The number of nitrogens with zero attached hydrogens (tertiary/aromatic N) is 2. The molecule has 1 amide bonds. The van der Waals surface area contributed by atoms with E-state index < -0.39 is 0 Å². The first-order chi connectivity index (χ1) is 8.81. The minimum Gasteiger partial charge on any atom is -0.382 e. The maximum Gasteiger partial charge on any atom is 0.229 e. The van der Waals surface area contributed by atoms with Crippen LogP contribution in [0.1, 0.15) is 5.69 Å². The van der Waals surface area contributed by atoms with Gasteiger partial charge in [-0.05, 0) is 12.1 Å². The standard InChI is InChI=1S/C13H18N2O3/c1-17-9-12-10-18-7-6-15(12)13(16)8-11-4-2-3-5-14-11/h2-5,12H,6-10H2,1H3. The lowest BCUT2D eigenvalue weighted by molar-refractivity contribution is -0.141. The number of ether oxygens (including phenoxy) is 2. The van der Waals surface area contributed by atoms with Crippen LogP contribution in [0.4, 0.5) is 0 Å². The van der Waals surface area contributed by atoms with Gasteiger partial charge in [-0.1, -0.05) is 6.07 Å². The summed E-state index contributed by atoms with van der Waals surface area (Å²) >= 11 is 0. The maximum atomic E-state index is 12.2. The molecule has 1 saturated heterocycles. The van der Waals surface area contributed by atoms with Crippen molar-refractivity contribution in [2.45, 2.75) is 12.5 Å². The number of amides is 1. The van der Waals surface area contributed by atoms with Crippen molar-refractivity contribution in [2.75, 3.05) is 33.5 Å². The highest BCUT2D eigenvalue weighted by Crippen LogP contribution is 2.10. The summed E-state index contributed by atoms with van der Waals surface area (Å²) in [7, 11) is 1.63. The van der Waals surface area contributed by atoms with Gasteiger partial charge in [-0.25, -0.2) is 0 Å². The minimum atomic E-state index is 0.0139. The molecule has 0 aromatic carbocycles. The van der Waals surface area contributed by atoms with Crippen molar-refractivity contribution < 1.29 is 14.3 Å². The highest BCUT2D eigenvalue weighted by atomic mass is 16.5. The van der Waals surface area contributed by atoms with E-state index in [9.17, 15) is 4.79 Å². The third kappa shape index (κ3) is 3.27. The highest BCUT2D eigenvalue weighted by molar-refractivity contribution is 5.78. The number of methoxy groups -OCH3 is 1. The molecule has 2 rings (SSSR count). The second kappa shape index (κ2) is 6.47. The number of pyridine rings is 1. The zero-order chi connectivity index (χ0) is 12.8. The van der Waals surface area contributed by atoms with Crippen molar-refractivity contribution in [3.8, 4) is 0 Å². The molecule has 1 aliphatic heterocycles. The van der Waals surface area contributed by atoms with Crippen LogP contribution in [0, 0.1) is 0 Å². The molecule has 2 heterocycles. The molecule has 0 bridgehead atoms. The van der Waals surface area contributed by atoms with Gasteiger partial charge in [0.1, 0.15) is 0 Å². The average Bonchev–Trinajstić information content (AvgIpc) is 2.41. The van der Waals surface area contributed by atoms with Crippen LogP contribution in [0.25, 0.3) is 0 Å². The Labute approximate surface area is 107 Å². The fraction of sp³-hybridized carbons (Fsp3) is 0.538. The van der Waals surface area contributed by atoms with Crippen LogP contribution in [0.2, 0.25) is 0 Å². The second-order valence-electron chi connectivity index (χ2n) is 4.27. The summed E-state index contributed by atoms with van der Waals surface area (Å²) < 4.78 is 10.5. The summed E-state index contributed by atoms with van der Waals surface area (Å²) in [5, 5.41) is 0.